The number of para-hydroxylation sites is 1. The maximum absolute atomic E-state index is 13.3. The molecule has 2 aliphatic rings. The van der Waals surface area contributed by atoms with Gasteiger partial charge in [0.2, 0.25) is 18.0 Å². The van der Waals surface area contributed by atoms with Crippen molar-refractivity contribution in [3.63, 3.8) is 0 Å². The first kappa shape index (κ1) is 16.9. The molecule has 1 fully saturated rings. The van der Waals surface area contributed by atoms with Crippen molar-refractivity contribution < 1.29 is 13.9 Å². The van der Waals surface area contributed by atoms with Crippen LogP contribution in [0.4, 0.5) is 4.39 Å². The summed E-state index contributed by atoms with van der Waals surface area (Å²) in [6.07, 6.45) is 1.55. The number of carbonyl (C=O) groups excluding carboxylic acids is 1. The molecule has 5 rings (SSSR count). The van der Waals surface area contributed by atoms with E-state index in [1.165, 1.54) is 24.1 Å². The Kier molecular flexibility index (Phi) is 3.86. The lowest BCUT2D eigenvalue weighted by Gasteiger charge is -2.19. The molecule has 1 unspecified atom stereocenters. The van der Waals surface area contributed by atoms with Crippen molar-refractivity contribution in [3.8, 4) is 0 Å². The van der Waals surface area contributed by atoms with Gasteiger partial charge in [-0.25, -0.2) is 4.39 Å². The highest BCUT2D eigenvalue weighted by molar-refractivity contribution is 6.07. The van der Waals surface area contributed by atoms with Crippen molar-refractivity contribution in [2.45, 2.75) is 31.9 Å². The minimum absolute atomic E-state index is 0.245. The van der Waals surface area contributed by atoms with E-state index in [2.05, 4.69) is 5.10 Å². The predicted octanol–water partition coefficient (Wildman–Crippen LogP) is 4.49. The van der Waals surface area contributed by atoms with Gasteiger partial charge in [-0.1, -0.05) is 30.3 Å². The van der Waals surface area contributed by atoms with E-state index >= 15 is 0 Å². The smallest absolute Gasteiger partial charge is 0.243 e. The number of rotatable bonds is 3. The largest absolute Gasteiger partial charge is 0.446 e. The van der Waals surface area contributed by atoms with Crippen molar-refractivity contribution in [2.24, 2.45) is 5.10 Å². The summed E-state index contributed by atoms with van der Waals surface area (Å²) in [4.78, 5) is 17.0. The number of hydrazone groups is 1. The van der Waals surface area contributed by atoms with Crippen LogP contribution in [0.3, 0.4) is 0 Å². The molecule has 1 saturated carbocycles. The minimum Gasteiger partial charge on any atom is -0.446 e. The van der Waals surface area contributed by atoms with Gasteiger partial charge in [0.1, 0.15) is 5.82 Å². The molecular formula is C22H18FN3O2. The number of ether oxygens (including phenoxy) is 1. The van der Waals surface area contributed by atoms with Crippen molar-refractivity contribution in [3.05, 3.63) is 77.2 Å². The average molecular weight is 375 g/mol. The Morgan fingerprint density at radius 1 is 1.14 bits per heavy atom. The van der Waals surface area contributed by atoms with E-state index in [0.29, 0.717) is 17.4 Å². The normalized spacial score (nSPS) is 18.9. The first-order chi connectivity index (χ1) is 13.6. The molecule has 0 N–H and O–H groups in total. The van der Waals surface area contributed by atoms with Gasteiger partial charge in [-0.3, -0.25) is 9.78 Å². The van der Waals surface area contributed by atoms with E-state index in [0.717, 1.165) is 35.0 Å². The molecule has 140 valence electrons. The summed E-state index contributed by atoms with van der Waals surface area (Å²) in [5.41, 5.74) is 3.40. The van der Waals surface area contributed by atoms with Crippen molar-refractivity contribution in [1.82, 2.24) is 9.99 Å². The summed E-state index contributed by atoms with van der Waals surface area (Å²) < 4.78 is 19.4. The summed E-state index contributed by atoms with van der Waals surface area (Å²) in [7, 11) is 0. The van der Waals surface area contributed by atoms with E-state index in [1.807, 2.05) is 30.3 Å². The number of nitrogens with zero attached hydrogens (tertiary/aromatic N) is 3. The van der Waals surface area contributed by atoms with Crippen molar-refractivity contribution >= 4 is 22.7 Å². The summed E-state index contributed by atoms with van der Waals surface area (Å²) in [5.74, 6) is 0.267. The van der Waals surface area contributed by atoms with Gasteiger partial charge >= 0.3 is 0 Å². The highest BCUT2D eigenvalue weighted by Crippen LogP contribution is 2.41. The van der Waals surface area contributed by atoms with Gasteiger partial charge in [0.05, 0.1) is 5.52 Å². The molecule has 1 atom stereocenters. The van der Waals surface area contributed by atoms with Gasteiger partial charge in [0.15, 0.2) is 0 Å². The van der Waals surface area contributed by atoms with Crippen molar-refractivity contribution in [2.75, 3.05) is 0 Å². The standard InChI is InChI=1S/C22H18FN3O2/c1-13(27)26-22(15-8-10-16(23)11-9-15)28-21(25-26)18-12-20(14-6-7-14)24-19-5-3-2-4-17(18)19/h2-5,8-12,14,22H,6-7H2,1H3. The van der Waals surface area contributed by atoms with Crippen LogP contribution in [-0.2, 0) is 9.53 Å². The summed E-state index contributed by atoms with van der Waals surface area (Å²) in [6, 6.07) is 15.8. The number of amides is 1. The Morgan fingerprint density at radius 3 is 2.61 bits per heavy atom. The molecule has 28 heavy (non-hydrogen) atoms. The fourth-order valence-electron chi connectivity index (χ4n) is 3.48. The number of halogens is 1. The fraction of sp³-hybridized carbons (Fsp3) is 0.227. The quantitative estimate of drug-likeness (QED) is 0.678. The zero-order valence-electron chi connectivity index (χ0n) is 15.3. The molecule has 6 heteroatoms. The predicted molar refractivity (Wildman–Crippen MR) is 103 cm³/mol. The zero-order chi connectivity index (χ0) is 19.3. The van der Waals surface area contributed by atoms with Crippen LogP contribution in [0.25, 0.3) is 10.9 Å². The van der Waals surface area contributed by atoms with Crippen LogP contribution < -0.4 is 0 Å². The van der Waals surface area contributed by atoms with E-state index in [-0.39, 0.29) is 11.7 Å². The third kappa shape index (κ3) is 2.91. The summed E-state index contributed by atoms with van der Waals surface area (Å²) in [6.45, 7) is 1.44. The Bertz CT molecular complexity index is 1110. The number of hydrogen-bond donors (Lipinski definition) is 0. The number of aromatic nitrogens is 1. The molecule has 1 aromatic heterocycles. The molecule has 3 aromatic rings. The van der Waals surface area contributed by atoms with E-state index < -0.39 is 6.23 Å². The first-order valence-electron chi connectivity index (χ1n) is 9.31. The molecule has 1 aliphatic heterocycles. The molecule has 0 bridgehead atoms. The van der Waals surface area contributed by atoms with E-state index in [9.17, 15) is 9.18 Å². The molecule has 0 saturated heterocycles. The topological polar surface area (TPSA) is 54.8 Å². The molecule has 5 nitrogen and oxygen atoms in total. The fourth-order valence-corrected chi connectivity index (χ4v) is 3.48. The number of hydrogen-bond acceptors (Lipinski definition) is 4. The lowest BCUT2D eigenvalue weighted by molar-refractivity contribution is -0.135. The molecule has 2 heterocycles. The molecule has 2 aromatic carbocycles. The van der Waals surface area contributed by atoms with Crippen molar-refractivity contribution in [1.29, 1.82) is 0 Å². The van der Waals surface area contributed by atoms with Crippen LogP contribution in [0.2, 0.25) is 0 Å². The maximum atomic E-state index is 13.3. The molecule has 1 amide bonds. The second-order valence-electron chi connectivity index (χ2n) is 7.18. The lowest BCUT2D eigenvalue weighted by Crippen LogP contribution is -2.25. The van der Waals surface area contributed by atoms with Gasteiger partial charge in [0.25, 0.3) is 0 Å². The van der Waals surface area contributed by atoms with Gasteiger partial charge in [-0.15, -0.1) is 5.10 Å². The first-order valence-corrected chi connectivity index (χ1v) is 9.31. The Labute approximate surface area is 161 Å². The second kappa shape index (κ2) is 6.41. The molecule has 1 aliphatic carbocycles. The van der Waals surface area contributed by atoms with Gasteiger partial charge in [-0.05, 0) is 37.1 Å². The van der Waals surface area contributed by atoms with E-state index in [4.69, 9.17) is 9.72 Å². The number of pyridine rings is 1. The zero-order valence-corrected chi connectivity index (χ0v) is 15.3. The SMILES string of the molecule is CC(=O)N1N=C(c2cc(C3CC3)nc3ccccc23)OC1c1ccc(F)cc1. The van der Waals surface area contributed by atoms with E-state index in [1.54, 1.807) is 12.1 Å². The average Bonchev–Trinajstić information content (AvgIpc) is 3.46. The van der Waals surface area contributed by atoms with Crippen LogP contribution in [-0.4, -0.2) is 21.8 Å². The minimum atomic E-state index is -0.718. The monoisotopic (exact) mass is 375 g/mol. The van der Waals surface area contributed by atoms with Gasteiger partial charge in [0, 0.05) is 35.0 Å². The maximum Gasteiger partial charge on any atom is 0.243 e. The summed E-state index contributed by atoms with van der Waals surface area (Å²) in [5, 5.41) is 6.69. The number of benzene rings is 2. The Hall–Kier alpha value is -3.28. The molecule has 0 radical (unpaired) electrons. The molecule has 0 spiro atoms. The second-order valence-corrected chi connectivity index (χ2v) is 7.18. The highest BCUT2D eigenvalue weighted by atomic mass is 19.1. The lowest BCUT2D eigenvalue weighted by atomic mass is 10.1. The van der Waals surface area contributed by atoms with Crippen LogP contribution in [0.15, 0.2) is 59.7 Å². The summed E-state index contributed by atoms with van der Waals surface area (Å²) >= 11 is 0. The Balaban J connectivity index is 1.60. The van der Waals surface area contributed by atoms with Gasteiger partial charge in [-0.2, -0.15) is 5.01 Å². The molecular weight excluding hydrogens is 357 g/mol. The third-order valence-corrected chi connectivity index (χ3v) is 5.08. The number of fused-ring (bicyclic) bond motifs is 1. The van der Waals surface area contributed by atoms with Gasteiger partial charge < -0.3 is 4.74 Å². The van der Waals surface area contributed by atoms with Crippen LogP contribution in [0.5, 0.6) is 0 Å². The Morgan fingerprint density at radius 2 is 1.89 bits per heavy atom. The van der Waals surface area contributed by atoms with Crippen LogP contribution >= 0.6 is 0 Å². The van der Waals surface area contributed by atoms with Crippen LogP contribution in [0.1, 0.15) is 48.7 Å². The van der Waals surface area contributed by atoms with Crippen LogP contribution in [0, 0.1) is 5.82 Å². The number of carbonyl (C=O) groups is 1. The highest BCUT2D eigenvalue weighted by Gasteiger charge is 2.35. The third-order valence-electron chi connectivity index (χ3n) is 5.08.